The molecule has 0 aliphatic carbocycles. The maximum atomic E-state index is 12.3. The molecule has 1 aliphatic rings. The lowest BCUT2D eigenvalue weighted by Crippen LogP contribution is -2.35. The molecule has 1 saturated heterocycles. The average Bonchev–Trinajstić information content (AvgIpc) is 3.13. The Bertz CT molecular complexity index is 598. The van der Waals surface area contributed by atoms with Crippen LogP contribution < -0.4 is 10.6 Å². The van der Waals surface area contributed by atoms with Crippen LogP contribution in [0.4, 0.5) is 5.69 Å². The third-order valence-corrected chi connectivity index (χ3v) is 4.03. The second-order valence-corrected chi connectivity index (χ2v) is 5.84. The van der Waals surface area contributed by atoms with Crippen molar-refractivity contribution in [2.75, 3.05) is 18.4 Å². The molecule has 1 fully saturated rings. The molecule has 1 aromatic heterocycles. The highest BCUT2D eigenvalue weighted by Gasteiger charge is 2.36. The first-order valence-corrected chi connectivity index (χ1v) is 7.24. The first-order chi connectivity index (χ1) is 10.2. The summed E-state index contributed by atoms with van der Waals surface area (Å²) in [5, 5.41) is 10.4. The van der Waals surface area contributed by atoms with Crippen LogP contribution in [0.1, 0.15) is 18.9 Å². The van der Waals surface area contributed by atoms with Gasteiger partial charge in [-0.1, -0.05) is 12.1 Å². The highest BCUT2D eigenvalue weighted by Crippen LogP contribution is 2.26. The van der Waals surface area contributed by atoms with E-state index < -0.39 is 0 Å². The molecule has 2 aromatic rings. The van der Waals surface area contributed by atoms with Crippen LogP contribution in [0.15, 0.2) is 42.7 Å². The molecule has 0 radical (unpaired) electrons. The Morgan fingerprint density at radius 1 is 1.43 bits per heavy atom. The molecule has 1 aliphatic heterocycles. The third-order valence-electron chi connectivity index (χ3n) is 4.03. The van der Waals surface area contributed by atoms with Crippen molar-refractivity contribution in [2.24, 2.45) is 5.41 Å². The van der Waals surface area contributed by atoms with Crippen molar-refractivity contribution in [1.29, 1.82) is 0 Å². The predicted molar refractivity (Wildman–Crippen MR) is 82.0 cm³/mol. The number of hydrogen-bond acceptors (Lipinski definition) is 3. The lowest BCUT2D eigenvalue weighted by atomic mass is 9.89. The third kappa shape index (κ3) is 3.13. The molecule has 3 rings (SSSR count). The zero-order valence-electron chi connectivity index (χ0n) is 12.2. The molecule has 1 atom stereocenters. The van der Waals surface area contributed by atoms with E-state index in [2.05, 4.69) is 15.7 Å². The predicted octanol–water partition coefficient (Wildman–Crippen LogP) is 1.87. The Labute approximate surface area is 124 Å². The van der Waals surface area contributed by atoms with E-state index in [1.807, 2.05) is 48.1 Å². The maximum absolute atomic E-state index is 12.3. The van der Waals surface area contributed by atoms with Gasteiger partial charge in [0.1, 0.15) is 0 Å². The molecule has 1 aromatic carbocycles. The summed E-state index contributed by atoms with van der Waals surface area (Å²) in [6.07, 6.45) is 4.59. The second kappa shape index (κ2) is 5.69. The molecule has 0 saturated carbocycles. The number of amides is 1. The van der Waals surface area contributed by atoms with Crippen LogP contribution in [-0.4, -0.2) is 28.8 Å². The minimum Gasteiger partial charge on any atom is -0.326 e. The first-order valence-electron chi connectivity index (χ1n) is 7.24. The number of carbonyl (C=O) groups excluding carboxylic acids is 1. The molecule has 5 heteroatoms. The van der Waals surface area contributed by atoms with E-state index in [4.69, 9.17) is 0 Å². The van der Waals surface area contributed by atoms with Gasteiger partial charge < -0.3 is 10.6 Å². The standard InChI is InChI=1S/C16H20N4O/c1-16(7-9-17-12-16)15(21)19-14-5-3-13(4-6-14)11-20-10-2-8-18-20/h2-6,8,10,17H,7,9,11-12H2,1H3,(H,19,21). The van der Waals surface area contributed by atoms with Gasteiger partial charge in [0.25, 0.3) is 0 Å². The highest BCUT2D eigenvalue weighted by molar-refractivity contribution is 5.95. The molecular formula is C16H20N4O. The Balaban J connectivity index is 1.63. The topological polar surface area (TPSA) is 59.0 Å². The van der Waals surface area contributed by atoms with E-state index >= 15 is 0 Å². The van der Waals surface area contributed by atoms with Gasteiger partial charge >= 0.3 is 0 Å². The fourth-order valence-electron chi connectivity index (χ4n) is 2.57. The SMILES string of the molecule is CC1(C(=O)Nc2ccc(Cn3cccn3)cc2)CCNC1. The van der Waals surface area contributed by atoms with Crippen LogP contribution in [0.25, 0.3) is 0 Å². The summed E-state index contributed by atoms with van der Waals surface area (Å²) in [7, 11) is 0. The summed E-state index contributed by atoms with van der Waals surface area (Å²) < 4.78 is 1.87. The molecule has 0 spiro atoms. The number of benzene rings is 1. The van der Waals surface area contributed by atoms with Crippen LogP contribution in [-0.2, 0) is 11.3 Å². The summed E-state index contributed by atoms with van der Waals surface area (Å²) in [6.45, 7) is 4.40. The Kier molecular flexibility index (Phi) is 3.75. The van der Waals surface area contributed by atoms with Crippen molar-refractivity contribution in [3.05, 3.63) is 48.3 Å². The zero-order valence-corrected chi connectivity index (χ0v) is 12.2. The van der Waals surface area contributed by atoms with Gasteiger partial charge in [0.05, 0.1) is 12.0 Å². The van der Waals surface area contributed by atoms with E-state index in [1.165, 1.54) is 0 Å². The van der Waals surface area contributed by atoms with Gasteiger partial charge in [-0.3, -0.25) is 9.48 Å². The molecule has 1 amide bonds. The Morgan fingerprint density at radius 2 is 2.24 bits per heavy atom. The fraction of sp³-hybridized carbons (Fsp3) is 0.375. The summed E-state index contributed by atoms with van der Waals surface area (Å²) >= 11 is 0. The largest absolute Gasteiger partial charge is 0.326 e. The van der Waals surface area contributed by atoms with Crippen molar-refractivity contribution < 1.29 is 4.79 Å². The molecule has 2 heterocycles. The first kappa shape index (κ1) is 13.8. The van der Waals surface area contributed by atoms with E-state index in [-0.39, 0.29) is 11.3 Å². The highest BCUT2D eigenvalue weighted by atomic mass is 16.2. The number of aromatic nitrogens is 2. The number of carbonyl (C=O) groups is 1. The van der Waals surface area contributed by atoms with Crippen molar-refractivity contribution in [3.63, 3.8) is 0 Å². The molecule has 5 nitrogen and oxygen atoms in total. The number of hydrogen-bond donors (Lipinski definition) is 2. The van der Waals surface area contributed by atoms with Gasteiger partial charge in [-0.2, -0.15) is 5.10 Å². The molecular weight excluding hydrogens is 264 g/mol. The average molecular weight is 284 g/mol. The van der Waals surface area contributed by atoms with Crippen molar-refractivity contribution >= 4 is 11.6 Å². The van der Waals surface area contributed by atoms with Crippen molar-refractivity contribution in [1.82, 2.24) is 15.1 Å². The van der Waals surface area contributed by atoms with Crippen LogP contribution >= 0.6 is 0 Å². The van der Waals surface area contributed by atoms with Gasteiger partial charge in [-0.15, -0.1) is 0 Å². The lowest BCUT2D eigenvalue weighted by molar-refractivity contribution is -0.123. The van der Waals surface area contributed by atoms with Gasteiger partial charge in [-0.05, 0) is 43.7 Å². The minimum atomic E-state index is -0.298. The summed E-state index contributed by atoms with van der Waals surface area (Å²) in [4.78, 5) is 12.3. The van der Waals surface area contributed by atoms with Crippen molar-refractivity contribution in [2.45, 2.75) is 19.9 Å². The summed E-state index contributed by atoms with van der Waals surface area (Å²) in [5.41, 5.74) is 1.70. The van der Waals surface area contributed by atoms with E-state index in [9.17, 15) is 4.79 Å². The molecule has 2 N–H and O–H groups in total. The number of nitrogens with zero attached hydrogens (tertiary/aromatic N) is 2. The van der Waals surface area contributed by atoms with Gasteiger partial charge in [0.2, 0.25) is 5.91 Å². The quantitative estimate of drug-likeness (QED) is 0.901. The van der Waals surface area contributed by atoms with Crippen molar-refractivity contribution in [3.8, 4) is 0 Å². The minimum absolute atomic E-state index is 0.0901. The van der Waals surface area contributed by atoms with E-state index in [1.54, 1.807) is 6.20 Å². The van der Waals surface area contributed by atoms with Crippen LogP contribution in [0, 0.1) is 5.41 Å². The van der Waals surface area contributed by atoms with Crippen LogP contribution in [0.5, 0.6) is 0 Å². The zero-order chi connectivity index (χ0) is 14.7. The van der Waals surface area contributed by atoms with Gasteiger partial charge in [-0.25, -0.2) is 0 Å². The van der Waals surface area contributed by atoms with E-state index in [0.29, 0.717) is 0 Å². The summed E-state index contributed by atoms with van der Waals surface area (Å²) in [5.74, 6) is 0.0901. The number of nitrogens with one attached hydrogen (secondary N) is 2. The normalized spacial score (nSPS) is 21.4. The number of rotatable bonds is 4. The second-order valence-electron chi connectivity index (χ2n) is 5.84. The smallest absolute Gasteiger partial charge is 0.231 e. The monoisotopic (exact) mass is 284 g/mol. The number of anilines is 1. The fourth-order valence-corrected chi connectivity index (χ4v) is 2.57. The van der Waals surface area contributed by atoms with Gasteiger partial charge in [0.15, 0.2) is 0 Å². The summed E-state index contributed by atoms with van der Waals surface area (Å²) in [6, 6.07) is 9.84. The van der Waals surface area contributed by atoms with Crippen LogP contribution in [0.2, 0.25) is 0 Å². The van der Waals surface area contributed by atoms with Crippen LogP contribution in [0.3, 0.4) is 0 Å². The lowest BCUT2D eigenvalue weighted by Gasteiger charge is -2.21. The molecule has 1 unspecified atom stereocenters. The van der Waals surface area contributed by atoms with E-state index in [0.717, 1.165) is 37.3 Å². The van der Waals surface area contributed by atoms with Gasteiger partial charge in [0, 0.05) is 24.6 Å². The molecule has 21 heavy (non-hydrogen) atoms. The Hall–Kier alpha value is -2.14. The Morgan fingerprint density at radius 3 is 2.86 bits per heavy atom. The molecule has 110 valence electrons. The maximum Gasteiger partial charge on any atom is 0.231 e. The molecule has 0 bridgehead atoms.